The number of amides is 2. The van der Waals surface area contributed by atoms with Crippen LogP contribution >= 0.6 is 0 Å². The minimum atomic E-state index is -0.323. The molecule has 1 heterocycles. The van der Waals surface area contributed by atoms with Crippen molar-refractivity contribution in [3.63, 3.8) is 0 Å². The number of carbonyl (C=O) groups is 2. The number of halogens is 2. The van der Waals surface area contributed by atoms with Crippen LogP contribution < -0.4 is 0 Å². The topological polar surface area (TPSA) is 40.6 Å². The van der Waals surface area contributed by atoms with Crippen molar-refractivity contribution >= 4 is 11.8 Å². The van der Waals surface area contributed by atoms with E-state index >= 15 is 0 Å². The lowest BCUT2D eigenvalue weighted by atomic mass is 10.1. The number of rotatable bonds is 5. The van der Waals surface area contributed by atoms with Crippen LogP contribution in [-0.2, 0) is 22.4 Å². The lowest BCUT2D eigenvalue weighted by Crippen LogP contribution is -2.51. The van der Waals surface area contributed by atoms with Crippen molar-refractivity contribution in [1.29, 1.82) is 0 Å². The molecule has 3 rings (SSSR count). The number of piperazine rings is 1. The van der Waals surface area contributed by atoms with E-state index in [0.29, 0.717) is 39.0 Å². The maximum atomic E-state index is 13.2. The summed E-state index contributed by atoms with van der Waals surface area (Å²) in [7, 11) is 0. The van der Waals surface area contributed by atoms with Gasteiger partial charge in [-0.3, -0.25) is 9.59 Å². The van der Waals surface area contributed by atoms with Crippen molar-refractivity contribution in [2.75, 3.05) is 26.2 Å². The maximum absolute atomic E-state index is 13.2. The summed E-state index contributed by atoms with van der Waals surface area (Å²) < 4.78 is 26.1. The average molecular weight is 372 g/mol. The molecule has 0 unspecified atom stereocenters. The Hall–Kier alpha value is -2.76. The monoisotopic (exact) mass is 372 g/mol. The summed E-state index contributed by atoms with van der Waals surface area (Å²) in [5.41, 5.74) is 1.58. The molecule has 2 aromatic rings. The molecule has 27 heavy (non-hydrogen) atoms. The molecule has 0 bridgehead atoms. The van der Waals surface area contributed by atoms with Gasteiger partial charge in [0.2, 0.25) is 11.8 Å². The van der Waals surface area contributed by atoms with Crippen molar-refractivity contribution in [3.05, 3.63) is 71.3 Å². The fraction of sp³-hybridized carbons (Fsp3) is 0.333. The van der Waals surface area contributed by atoms with E-state index in [1.165, 1.54) is 24.3 Å². The number of hydrogen-bond donors (Lipinski definition) is 0. The smallest absolute Gasteiger partial charge is 0.227 e. The van der Waals surface area contributed by atoms with Gasteiger partial charge in [-0.05, 0) is 41.8 Å². The van der Waals surface area contributed by atoms with E-state index in [9.17, 15) is 18.4 Å². The van der Waals surface area contributed by atoms with Gasteiger partial charge in [0.15, 0.2) is 0 Å². The molecule has 0 N–H and O–H groups in total. The quantitative estimate of drug-likeness (QED) is 0.810. The summed E-state index contributed by atoms with van der Waals surface area (Å²) in [5, 5.41) is 0. The Labute approximate surface area is 157 Å². The molecule has 142 valence electrons. The summed E-state index contributed by atoms with van der Waals surface area (Å²) in [6, 6.07) is 12.2. The summed E-state index contributed by atoms with van der Waals surface area (Å²) in [6.45, 7) is 1.98. The first kappa shape index (κ1) is 19.0. The van der Waals surface area contributed by atoms with E-state index in [1.807, 2.05) is 6.07 Å². The van der Waals surface area contributed by atoms with Gasteiger partial charge in [-0.25, -0.2) is 8.78 Å². The number of hydrogen-bond acceptors (Lipinski definition) is 2. The van der Waals surface area contributed by atoms with Crippen LogP contribution in [-0.4, -0.2) is 47.8 Å². The Morgan fingerprint density at radius 1 is 0.778 bits per heavy atom. The maximum Gasteiger partial charge on any atom is 0.227 e. The number of carbonyl (C=O) groups excluding carboxylic acids is 2. The standard InChI is InChI=1S/C21H22F2N2O2/c22-18-7-4-17(5-8-18)15-21(27)25-12-10-24(11-13-25)20(26)9-6-16-2-1-3-19(23)14-16/h1-5,7-8,14H,6,9-13,15H2. The molecule has 0 atom stereocenters. The minimum absolute atomic E-state index is 0.0184. The highest BCUT2D eigenvalue weighted by Gasteiger charge is 2.23. The lowest BCUT2D eigenvalue weighted by Gasteiger charge is -2.35. The molecule has 1 aliphatic heterocycles. The van der Waals surface area contributed by atoms with Gasteiger partial charge in [0, 0.05) is 32.6 Å². The molecule has 0 aromatic heterocycles. The number of benzene rings is 2. The van der Waals surface area contributed by atoms with E-state index in [2.05, 4.69) is 0 Å². The molecule has 1 saturated heterocycles. The molecule has 1 aliphatic rings. The van der Waals surface area contributed by atoms with Crippen LogP contribution in [0.1, 0.15) is 17.5 Å². The molecule has 1 fully saturated rings. The average Bonchev–Trinajstić information content (AvgIpc) is 2.68. The van der Waals surface area contributed by atoms with Crippen molar-refractivity contribution in [1.82, 2.24) is 9.80 Å². The van der Waals surface area contributed by atoms with Crippen LogP contribution in [0.3, 0.4) is 0 Å². The summed E-state index contributed by atoms with van der Waals surface area (Å²) in [6.07, 6.45) is 1.06. The van der Waals surface area contributed by atoms with E-state index in [1.54, 1.807) is 28.0 Å². The predicted molar refractivity (Wildman–Crippen MR) is 98.0 cm³/mol. The molecule has 2 aromatic carbocycles. The molecule has 2 amide bonds. The van der Waals surface area contributed by atoms with Gasteiger partial charge in [-0.15, -0.1) is 0 Å². The van der Waals surface area contributed by atoms with Gasteiger partial charge in [0.1, 0.15) is 11.6 Å². The van der Waals surface area contributed by atoms with Gasteiger partial charge in [0.05, 0.1) is 6.42 Å². The molecular formula is C21H22F2N2O2. The molecule has 4 nitrogen and oxygen atoms in total. The van der Waals surface area contributed by atoms with E-state index in [0.717, 1.165) is 11.1 Å². The second kappa shape index (κ2) is 8.75. The lowest BCUT2D eigenvalue weighted by molar-refractivity contribution is -0.139. The van der Waals surface area contributed by atoms with Crippen LogP contribution in [0.4, 0.5) is 8.78 Å². The van der Waals surface area contributed by atoms with E-state index < -0.39 is 0 Å². The third-order valence-electron chi connectivity index (χ3n) is 4.77. The molecular weight excluding hydrogens is 350 g/mol. The molecule has 0 spiro atoms. The normalized spacial score (nSPS) is 14.3. The predicted octanol–water partition coefficient (Wildman–Crippen LogP) is 2.81. The minimum Gasteiger partial charge on any atom is -0.339 e. The van der Waals surface area contributed by atoms with E-state index in [4.69, 9.17) is 0 Å². The zero-order valence-electron chi connectivity index (χ0n) is 15.0. The van der Waals surface area contributed by atoms with Crippen LogP contribution in [0.15, 0.2) is 48.5 Å². The van der Waals surface area contributed by atoms with Crippen molar-refractivity contribution in [2.45, 2.75) is 19.3 Å². The van der Waals surface area contributed by atoms with Crippen molar-refractivity contribution in [2.24, 2.45) is 0 Å². The molecule has 6 heteroatoms. The molecule has 0 radical (unpaired) electrons. The van der Waals surface area contributed by atoms with Crippen molar-refractivity contribution in [3.8, 4) is 0 Å². The Balaban J connectivity index is 1.44. The van der Waals surface area contributed by atoms with Gasteiger partial charge < -0.3 is 9.80 Å². The van der Waals surface area contributed by atoms with Gasteiger partial charge in [-0.2, -0.15) is 0 Å². The van der Waals surface area contributed by atoms with Crippen LogP contribution in [0.25, 0.3) is 0 Å². The highest BCUT2D eigenvalue weighted by molar-refractivity contribution is 5.80. The zero-order valence-corrected chi connectivity index (χ0v) is 15.0. The fourth-order valence-corrected chi connectivity index (χ4v) is 3.20. The Kier molecular flexibility index (Phi) is 6.16. The van der Waals surface area contributed by atoms with E-state index in [-0.39, 0.29) is 29.9 Å². The summed E-state index contributed by atoms with van der Waals surface area (Å²) >= 11 is 0. The van der Waals surface area contributed by atoms with Crippen LogP contribution in [0, 0.1) is 11.6 Å². The SMILES string of the molecule is O=C(CCc1cccc(F)c1)N1CCN(C(=O)Cc2ccc(F)cc2)CC1. The second-order valence-electron chi connectivity index (χ2n) is 6.69. The number of nitrogens with zero attached hydrogens (tertiary/aromatic N) is 2. The first-order valence-corrected chi connectivity index (χ1v) is 9.06. The first-order chi connectivity index (χ1) is 13.0. The fourth-order valence-electron chi connectivity index (χ4n) is 3.20. The third-order valence-corrected chi connectivity index (χ3v) is 4.77. The third kappa shape index (κ3) is 5.36. The second-order valence-corrected chi connectivity index (χ2v) is 6.69. The Bertz CT molecular complexity index is 800. The summed E-state index contributed by atoms with van der Waals surface area (Å²) in [4.78, 5) is 28.2. The van der Waals surface area contributed by atoms with Gasteiger partial charge in [0.25, 0.3) is 0 Å². The highest BCUT2D eigenvalue weighted by atomic mass is 19.1. The largest absolute Gasteiger partial charge is 0.339 e. The van der Waals surface area contributed by atoms with Crippen LogP contribution in [0.2, 0.25) is 0 Å². The van der Waals surface area contributed by atoms with Crippen molar-refractivity contribution < 1.29 is 18.4 Å². The first-order valence-electron chi connectivity index (χ1n) is 9.06. The molecule has 0 aliphatic carbocycles. The zero-order chi connectivity index (χ0) is 19.2. The van der Waals surface area contributed by atoms with Crippen LogP contribution in [0.5, 0.6) is 0 Å². The van der Waals surface area contributed by atoms with Gasteiger partial charge >= 0.3 is 0 Å². The molecule has 0 saturated carbocycles. The number of aryl methyl sites for hydroxylation is 1. The Morgan fingerprint density at radius 2 is 1.41 bits per heavy atom. The van der Waals surface area contributed by atoms with Gasteiger partial charge in [-0.1, -0.05) is 24.3 Å². The summed E-state index contributed by atoms with van der Waals surface area (Å²) in [5.74, 6) is -0.622. The highest BCUT2D eigenvalue weighted by Crippen LogP contribution is 2.11. The Morgan fingerprint density at radius 3 is 2.04 bits per heavy atom.